The van der Waals surface area contributed by atoms with Gasteiger partial charge in [-0.2, -0.15) is 0 Å². The number of aromatic nitrogens is 1. The lowest BCUT2D eigenvalue weighted by molar-refractivity contribution is -0.121. The number of ether oxygens (including phenoxy) is 2. The zero-order valence-electron chi connectivity index (χ0n) is 15.3. The van der Waals surface area contributed by atoms with Gasteiger partial charge in [-0.1, -0.05) is 6.07 Å². The van der Waals surface area contributed by atoms with E-state index < -0.39 is 0 Å². The maximum absolute atomic E-state index is 13.0. The highest BCUT2D eigenvalue weighted by molar-refractivity contribution is 5.76. The summed E-state index contributed by atoms with van der Waals surface area (Å²) in [5.41, 5.74) is 1.67. The molecular formula is C21H19FN2O4. The lowest BCUT2D eigenvalue weighted by Crippen LogP contribution is -2.26. The van der Waals surface area contributed by atoms with Crippen LogP contribution in [0.4, 0.5) is 4.39 Å². The number of fused-ring (bicyclic) bond motifs is 1. The highest BCUT2D eigenvalue weighted by atomic mass is 19.1. The minimum atomic E-state index is -0.309. The molecule has 1 unspecified atom stereocenters. The van der Waals surface area contributed by atoms with E-state index in [4.69, 9.17) is 13.9 Å². The van der Waals surface area contributed by atoms with Crippen molar-refractivity contribution in [3.05, 3.63) is 65.9 Å². The van der Waals surface area contributed by atoms with Gasteiger partial charge in [0.25, 0.3) is 0 Å². The number of rotatable bonds is 6. The Morgan fingerprint density at radius 1 is 1.18 bits per heavy atom. The molecule has 144 valence electrons. The largest absolute Gasteiger partial charge is 0.454 e. The summed E-state index contributed by atoms with van der Waals surface area (Å²) < 4.78 is 29.3. The molecule has 4 rings (SSSR count). The Kier molecular flexibility index (Phi) is 4.97. The van der Waals surface area contributed by atoms with E-state index in [9.17, 15) is 9.18 Å². The van der Waals surface area contributed by atoms with Crippen molar-refractivity contribution in [2.75, 3.05) is 6.79 Å². The van der Waals surface area contributed by atoms with Gasteiger partial charge in [-0.25, -0.2) is 9.37 Å². The number of halogens is 1. The normalized spacial score (nSPS) is 13.4. The Bertz CT molecular complexity index is 984. The number of hydrogen-bond acceptors (Lipinski definition) is 5. The molecule has 1 aliphatic rings. The molecule has 1 aliphatic heterocycles. The summed E-state index contributed by atoms with van der Waals surface area (Å²) in [6.45, 7) is 2.13. The quantitative estimate of drug-likeness (QED) is 0.697. The summed E-state index contributed by atoms with van der Waals surface area (Å²) in [6, 6.07) is 11.4. The molecule has 1 atom stereocenters. The Labute approximate surface area is 161 Å². The van der Waals surface area contributed by atoms with Gasteiger partial charge in [-0.05, 0) is 48.9 Å². The highest BCUT2D eigenvalue weighted by Gasteiger charge is 2.17. The summed E-state index contributed by atoms with van der Waals surface area (Å²) in [7, 11) is 0. The molecule has 0 aliphatic carbocycles. The number of carbonyl (C=O) groups is 1. The molecule has 6 nitrogen and oxygen atoms in total. The van der Waals surface area contributed by atoms with Crippen LogP contribution in [0.3, 0.4) is 0 Å². The lowest BCUT2D eigenvalue weighted by atomic mass is 10.1. The second kappa shape index (κ2) is 7.72. The van der Waals surface area contributed by atoms with Crippen LogP contribution in [0.2, 0.25) is 0 Å². The van der Waals surface area contributed by atoms with E-state index in [1.54, 1.807) is 18.3 Å². The maximum Gasteiger partial charge on any atom is 0.231 e. The molecule has 0 bridgehead atoms. The van der Waals surface area contributed by atoms with Gasteiger partial charge in [0.05, 0.1) is 12.2 Å². The summed E-state index contributed by atoms with van der Waals surface area (Å²) in [6.07, 6.45) is 2.20. The van der Waals surface area contributed by atoms with Crippen LogP contribution in [-0.2, 0) is 11.2 Å². The standard InChI is InChI=1S/C21H19FN2O4/c1-13(15-4-7-17-18(10-15)27-12-26-17)24-20(25)8-9-21-23-11-19(28-21)14-2-5-16(22)6-3-14/h2-7,10-11,13H,8-9,12H2,1H3,(H,24,25). The van der Waals surface area contributed by atoms with Crippen molar-refractivity contribution in [2.45, 2.75) is 25.8 Å². The van der Waals surface area contributed by atoms with Crippen LogP contribution in [0.5, 0.6) is 11.5 Å². The lowest BCUT2D eigenvalue weighted by Gasteiger charge is -2.14. The number of carbonyl (C=O) groups excluding carboxylic acids is 1. The highest BCUT2D eigenvalue weighted by Crippen LogP contribution is 2.34. The van der Waals surface area contributed by atoms with Gasteiger partial charge >= 0.3 is 0 Å². The summed E-state index contributed by atoms with van der Waals surface area (Å²) in [5, 5.41) is 2.96. The zero-order valence-corrected chi connectivity index (χ0v) is 15.3. The van der Waals surface area contributed by atoms with Crippen LogP contribution >= 0.6 is 0 Å². The average molecular weight is 382 g/mol. The van der Waals surface area contributed by atoms with Crippen molar-refractivity contribution in [1.29, 1.82) is 0 Å². The first-order valence-electron chi connectivity index (χ1n) is 8.98. The molecule has 1 aromatic heterocycles. The molecule has 1 amide bonds. The number of hydrogen-bond donors (Lipinski definition) is 1. The predicted octanol–water partition coefficient (Wildman–Crippen LogP) is 4.02. The molecule has 28 heavy (non-hydrogen) atoms. The van der Waals surface area contributed by atoms with Crippen molar-refractivity contribution in [3.63, 3.8) is 0 Å². The Balaban J connectivity index is 1.31. The van der Waals surface area contributed by atoms with Gasteiger partial charge in [0.15, 0.2) is 23.1 Å². The molecule has 0 saturated heterocycles. The SMILES string of the molecule is CC(NC(=O)CCc1ncc(-c2ccc(F)cc2)o1)c1ccc2c(c1)OCO2. The first kappa shape index (κ1) is 18.0. The summed E-state index contributed by atoms with van der Waals surface area (Å²) >= 11 is 0. The fourth-order valence-corrected chi connectivity index (χ4v) is 2.97. The topological polar surface area (TPSA) is 73.6 Å². The van der Waals surface area contributed by atoms with E-state index in [0.717, 1.165) is 11.1 Å². The van der Waals surface area contributed by atoms with Gasteiger partial charge in [-0.15, -0.1) is 0 Å². The Hall–Kier alpha value is -3.35. The number of nitrogens with zero attached hydrogens (tertiary/aromatic N) is 1. The van der Waals surface area contributed by atoms with Gasteiger partial charge in [0.1, 0.15) is 5.82 Å². The van der Waals surface area contributed by atoms with Crippen LogP contribution in [0.1, 0.15) is 30.8 Å². The van der Waals surface area contributed by atoms with Gasteiger partial charge in [0, 0.05) is 18.4 Å². The van der Waals surface area contributed by atoms with Crippen LogP contribution in [-0.4, -0.2) is 17.7 Å². The molecule has 1 N–H and O–H groups in total. The van der Waals surface area contributed by atoms with E-state index in [2.05, 4.69) is 10.3 Å². The van der Waals surface area contributed by atoms with E-state index in [1.165, 1.54) is 12.1 Å². The van der Waals surface area contributed by atoms with Crippen molar-refractivity contribution in [3.8, 4) is 22.8 Å². The number of nitrogens with one attached hydrogen (secondary N) is 1. The van der Waals surface area contributed by atoms with Crippen molar-refractivity contribution < 1.29 is 23.1 Å². The Morgan fingerprint density at radius 2 is 1.96 bits per heavy atom. The fraction of sp³-hybridized carbons (Fsp3) is 0.238. The number of benzene rings is 2. The zero-order chi connectivity index (χ0) is 19.5. The predicted molar refractivity (Wildman–Crippen MR) is 99.3 cm³/mol. The third-order valence-electron chi connectivity index (χ3n) is 4.52. The van der Waals surface area contributed by atoms with E-state index >= 15 is 0 Å². The van der Waals surface area contributed by atoms with Crippen LogP contribution in [0.15, 0.2) is 53.1 Å². The molecule has 0 saturated carbocycles. The maximum atomic E-state index is 13.0. The van der Waals surface area contributed by atoms with Crippen LogP contribution in [0.25, 0.3) is 11.3 Å². The van der Waals surface area contributed by atoms with E-state index in [-0.39, 0.29) is 31.0 Å². The van der Waals surface area contributed by atoms with Gasteiger partial charge in [0.2, 0.25) is 12.7 Å². The smallest absolute Gasteiger partial charge is 0.231 e. The molecule has 2 heterocycles. The average Bonchev–Trinajstić information content (AvgIpc) is 3.35. The second-order valence-electron chi connectivity index (χ2n) is 6.53. The fourth-order valence-electron chi connectivity index (χ4n) is 2.97. The first-order chi connectivity index (χ1) is 13.6. The molecule has 0 spiro atoms. The van der Waals surface area contributed by atoms with Gasteiger partial charge < -0.3 is 19.2 Å². The molecular weight excluding hydrogens is 363 g/mol. The molecule has 2 aromatic carbocycles. The number of oxazole rings is 1. The van der Waals surface area contributed by atoms with Crippen molar-refractivity contribution >= 4 is 5.91 Å². The molecule has 0 fully saturated rings. The van der Waals surface area contributed by atoms with Crippen molar-refractivity contribution in [1.82, 2.24) is 10.3 Å². The van der Waals surface area contributed by atoms with E-state index in [0.29, 0.717) is 29.6 Å². The number of amides is 1. The molecule has 0 radical (unpaired) electrons. The summed E-state index contributed by atoms with van der Waals surface area (Å²) in [5.74, 6) is 1.99. The second-order valence-corrected chi connectivity index (χ2v) is 6.53. The van der Waals surface area contributed by atoms with E-state index in [1.807, 2.05) is 25.1 Å². The van der Waals surface area contributed by atoms with Crippen LogP contribution < -0.4 is 14.8 Å². The third-order valence-corrected chi connectivity index (χ3v) is 4.52. The summed E-state index contributed by atoms with van der Waals surface area (Å²) in [4.78, 5) is 16.5. The van der Waals surface area contributed by atoms with Gasteiger partial charge in [-0.3, -0.25) is 4.79 Å². The Morgan fingerprint density at radius 3 is 2.79 bits per heavy atom. The minimum absolute atomic E-state index is 0.105. The van der Waals surface area contributed by atoms with Crippen LogP contribution in [0, 0.1) is 5.82 Å². The first-order valence-corrected chi connectivity index (χ1v) is 8.98. The molecule has 3 aromatic rings. The van der Waals surface area contributed by atoms with Crippen molar-refractivity contribution in [2.24, 2.45) is 0 Å². The number of aryl methyl sites for hydroxylation is 1. The monoisotopic (exact) mass is 382 g/mol. The molecule has 7 heteroatoms. The third kappa shape index (κ3) is 3.98. The minimum Gasteiger partial charge on any atom is -0.454 e.